The summed E-state index contributed by atoms with van der Waals surface area (Å²) in [5, 5.41) is 18.2. The number of hydrogen-bond donors (Lipinski definition) is 2. The number of benzene rings is 1. The van der Waals surface area contributed by atoms with Gasteiger partial charge in [-0.2, -0.15) is 0 Å². The van der Waals surface area contributed by atoms with Crippen molar-refractivity contribution in [3.05, 3.63) is 35.9 Å². The first-order valence-electron chi connectivity index (χ1n) is 4.61. The van der Waals surface area contributed by atoms with E-state index in [2.05, 4.69) is 4.74 Å². The maximum absolute atomic E-state index is 11.4. The van der Waals surface area contributed by atoms with E-state index in [1.54, 1.807) is 30.3 Å². The van der Waals surface area contributed by atoms with Gasteiger partial charge in [0.15, 0.2) is 12.2 Å². The number of ether oxygens (including phenoxy) is 1. The third kappa shape index (κ3) is 2.80. The molecule has 0 spiro atoms. The maximum Gasteiger partial charge on any atom is 0.343 e. The van der Waals surface area contributed by atoms with Crippen molar-refractivity contribution in [2.75, 3.05) is 6.61 Å². The summed E-state index contributed by atoms with van der Waals surface area (Å²) in [5.74, 6) is -2.25. The highest BCUT2D eigenvalue weighted by molar-refractivity contribution is 5.82. The lowest BCUT2D eigenvalue weighted by atomic mass is 9.96. The summed E-state index contributed by atoms with van der Waals surface area (Å²) in [5.41, 5.74) is -1.48. The lowest BCUT2D eigenvalue weighted by molar-refractivity contribution is -0.170. The van der Waals surface area contributed by atoms with Crippen molar-refractivity contribution in [1.29, 1.82) is 0 Å². The van der Waals surface area contributed by atoms with Gasteiger partial charge in [-0.15, -0.1) is 0 Å². The highest BCUT2D eigenvalue weighted by Gasteiger charge is 2.34. The fourth-order valence-corrected chi connectivity index (χ4v) is 1.15. The second kappa shape index (κ2) is 4.76. The number of rotatable bonds is 4. The van der Waals surface area contributed by atoms with Crippen LogP contribution in [0.15, 0.2) is 30.3 Å². The molecule has 0 bridgehead atoms. The van der Waals surface area contributed by atoms with Crippen molar-refractivity contribution in [2.24, 2.45) is 0 Å². The van der Waals surface area contributed by atoms with Gasteiger partial charge in [-0.05, 0) is 12.5 Å². The molecule has 0 aliphatic carbocycles. The summed E-state index contributed by atoms with van der Waals surface area (Å²) >= 11 is 0. The molecular weight excluding hydrogens is 212 g/mol. The second-order valence-electron chi connectivity index (χ2n) is 3.41. The topological polar surface area (TPSA) is 83.8 Å². The van der Waals surface area contributed by atoms with Gasteiger partial charge in [-0.3, -0.25) is 0 Å². The minimum atomic E-state index is -1.84. The molecule has 0 saturated heterocycles. The van der Waals surface area contributed by atoms with Crippen LogP contribution in [0.1, 0.15) is 12.5 Å². The molecule has 1 aromatic rings. The van der Waals surface area contributed by atoms with E-state index in [1.807, 2.05) is 0 Å². The number of hydrogen-bond acceptors (Lipinski definition) is 4. The zero-order valence-electron chi connectivity index (χ0n) is 8.71. The third-order valence-electron chi connectivity index (χ3n) is 2.06. The molecule has 0 aliphatic heterocycles. The molecule has 0 amide bonds. The van der Waals surface area contributed by atoms with Gasteiger partial charge in [0.25, 0.3) is 0 Å². The minimum Gasteiger partial charge on any atom is -0.479 e. The summed E-state index contributed by atoms with van der Waals surface area (Å²) in [4.78, 5) is 21.6. The Labute approximate surface area is 92.3 Å². The van der Waals surface area contributed by atoms with E-state index in [9.17, 15) is 14.7 Å². The molecule has 1 aromatic carbocycles. The number of aliphatic hydroxyl groups is 1. The smallest absolute Gasteiger partial charge is 0.343 e. The molecule has 1 rings (SSSR count). The Bertz CT molecular complexity index is 383. The fourth-order valence-electron chi connectivity index (χ4n) is 1.15. The first-order valence-corrected chi connectivity index (χ1v) is 4.61. The first-order chi connectivity index (χ1) is 7.44. The molecule has 5 nitrogen and oxygen atoms in total. The zero-order chi connectivity index (χ0) is 12.2. The Balaban J connectivity index is 2.78. The molecule has 1 unspecified atom stereocenters. The Morgan fingerprint density at radius 3 is 2.38 bits per heavy atom. The standard InChI is InChI=1S/C11H12O5/c1-11(15,8-5-3-2-4-6-8)10(14)16-7-9(12)13/h2-6,15H,7H2,1H3,(H,12,13). The van der Waals surface area contributed by atoms with Crippen molar-refractivity contribution in [2.45, 2.75) is 12.5 Å². The summed E-state index contributed by atoms with van der Waals surface area (Å²) < 4.78 is 4.43. The van der Waals surface area contributed by atoms with E-state index in [0.29, 0.717) is 5.56 Å². The highest BCUT2D eigenvalue weighted by Crippen LogP contribution is 2.21. The first kappa shape index (κ1) is 12.2. The van der Waals surface area contributed by atoms with E-state index in [0.717, 1.165) is 0 Å². The highest BCUT2D eigenvalue weighted by atomic mass is 16.6. The van der Waals surface area contributed by atoms with Crippen LogP contribution in [0.3, 0.4) is 0 Å². The van der Waals surface area contributed by atoms with Crippen molar-refractivity contribution >= 4 is 11.9 Å². The fraction of sp³-hybridized carbons (Fsp3) is 0.273. The molecule has 0 aromatic heterocycles. The van der Waals surface area contributed by atoms with Crippen LogP contribution in [0.2, 0.25) is 0 Å². The van der Waals surface area contributed by atoms with Crippen LogP contribution in [0, 0.1) is 0 Å². The molecule has 0 saturated carbocycles. The lowest BCUT2D eigenvalue weighted by Gasteiger charge is -2.20. The van der Waals surface area contributed by atoms with Gasteiger partial charge in [-0.1, -0.05) is 30.3 Å². The molecule has 0 radical (unpaired) electrons. The summed E-state index contributed by atoms with van der Waals surface area (Å²) in [6, 6.07) is 8.18. The van der Waals surface area contributed by atoms with Crippen LogP contribution >= 0.6 is 0 Å². The van der Waals surface area contributed by atoms with Gasteiger partial charge in [-0.25, -0.2) is 9.59 Å². The molecule has 2 N–H and O–H groups in total. The Kier molecular flexibility index (Phi) is 3.63. The van der Waals surface area contributed by atoms with Crippen molar-refractivity contribution in [3.63, 3.8) is 0 Å². The Morgan fingerprint density at radius 2 is 1.88 bits per heavy atom. The zero-order valence-corrected chi connectivity index (χ0v) is 8.71. The normalized spacial score (nSPS) is 13.9. The minimum absolute atomic E-state index is 0.352. The molecule has 1 atom stereocenters. The molecule has 86 valence electrons. The largest absolute Gasteiger partial charge is 0.479 e. The van der Waals surface area contributed by atoms with Gasteiger partial charge < -0.3 is 14.9 Å². The van der Waals surface area contributed by atoms with Gasteiger partial charge in [0.05, 0.1) is 0 Å². The predicted octanol–water partition coefficient (Wildman–Crippen LogP) is 0.522. The molecular formula is C11H12O5. The van der Waals surface area contributed by atoms with Gasteiger partial charge >= 0.3 is 11.9 Å². The van der Waals surface area contributed by atoms with Crippen LogP contribution in [0.25, 0.3) is 0 Å². The van der Waals surface area contributed by atoms with E-state index in [4.69, 9.17) is 5.11 Å². The van der Waals surface area contributed by atoms with Crippen LogP contribution in [0.5, 0.6) is 0 Å². The third-order valence-corrected chi connectivity index (χ3v) is 2.06. The number of aliphatic carboxylic acids is 1. The van der Waals surface area contributed by atoms with Crippen LogP contribution in [0.4, 0.5) is 0 Å². The summed E-state index contributed by atoms with van der Waals surface area (Å²) in [7, 11) is 0. The number of esters is 1. The van der Waals surface area contributed by atoms with E-state index in [-0.39, 0.29) is 0 Å². The van der Waals surface area contributed by atoms with Gasteiger partial charge in [0.1, 0.15) is 0 Å². The van der Waals surface area contributed by atoms with Gasteiger partial charge in [0.2, 0.25) is 0 Å². The average Bonchev–Trinajstić information content (AvgIpc) is 2.27. The van der Waals surface area contributed by atoms with Crippen molar-refractivity contribution in [1.82, 2.24) is 0 Å². The monoisotopic (exact) mass is 224 g/mol. The van der Waals surface area contributed by atoms with Crippen LogP contribution in [-0.4, -0.2) is 28.8 Å². The predicted molar refractivity (Wildman–Crippen MR) is 54.6 cm³/mol. The Morgan fingerprint density at radius 1 is 1.31 bits per heavy atom. The molecule has 16 heavy (non-hydrogen) atoms. The quantitative estimate of drug-likeness (QED) is 0.728. The number of carboxylic acids is 1. The van der Waals surface area contributed by atoms with E-state index < -0.39 is 24.1 Å². The molecule has 0 heterocycles. The van der Waals surface area contributed by atoms with Crippen LogP contribution in [-0.2, 0) is 19.9 Å². The second-order valence-corrected chi connectivity index (χ2v) is 3.41. The summed E-state index contributed by atoms with van der Waals surface area (Å²) in [6.07, 6.45) is 0. The van der Waals surface area contributed by atoms with Crippen molar-refractivity contribution < 1.29 is 24.5 Å². The van der Waals surface area contributed by atoms with Gasteiger partial charge in [0, 0.05) is 0 Å². The van der Waals surface area contributed by atoms with Crippen molar-refractivity contribution in [3.8, 4) is 0 Å². The Hall–Kier alpha value is -1.88. The van der Waals surface area contributed by atoms with E-state index >= 15 is 0 Å². The molecule has 5 heteroatoms. The lowest BCUT2D eigenvalue weighted by Crippen LogP contribution is -2.35. The SMILES string of the molecule is CC(O)(C(=O)OCC(=O)O)c1ccccc1. The number of carbonyl (C=O) groups excluding carboxylic acids is 1. The number of carbonyl (C=O) groups is 2. The molecule has 0 fully saturated rings. The summed E-state index contributed by atoms with van der Waals surface area (Å²) in [6.45, 7) is 0.494. The van der Waals surface area contributed by atoms with E-state index in [1.165, 1.54) is 6.92 Å². The molecule has 0 aliphatic rings. The maximum atomic E-state index is 11.4. The number of carboxylic acid groups (broad SMARTS) is 1. The van der Waals surface area contributed by atoms with Crippen LogP contribution < -0.4 is 0 Å². The average molecular weight is 224 g/mol.